The minimum atomic E-state index is 0. The maximum absolute atomic E-state index is 5.74. The Morgan fingerprint density at radius 3 is 2.60 bits per heavy atom. The molecule has 0 bridgehead atoms. The molecule has 0 saturated carbocycles. The van der Waals surface area contributed by atoms with E-state index >= 15 is 0 Å². The van der Waals surface area contributed by atoms with Crippen LogP contribution in [0.15, 0.2) is 35.3 Å². The minimum absolute atomic E-state index is 0. The van der Waals surface area contributed by atoms with Gasteiger partial charge in [0.1, 0.15) is 24.7 Å². The predicted octanol–water partition coefficient (Wildman–Crippen LogP) is 2.22. The minimum Gasteiger partial charge on any atom is -0.492 e. The van der Waals surface area contributed by atoms with Crippen LogP contribution in [0, 0.1) is 6.92 Å². The van der Waals surface area contributed by atoms with Crippen molar-refractivity contribution in [3.8, 4) is 5.75 Å². The van der Waals surface area contributed by atoms with Gasteiger partial charge in [-0.3, -0.25) is 0 Å². The van der Waals surface area contributed by atoms with Gasteiger partial charge in [0.15, 0.2) is 11.8 Å². The van der Waals surface area contributed by atoms with Gasteiger partial charge in [-0.15, -0.1) is 34.2 Å². The molecular formula is C17H27IN6O. The quantitative estimate of drug-likeness (QED) is 0.392. The van der Waals surface area contributed by atoms with Crippen molar-refractivity contribution in [3.05, 3.63) is 42.0 Å². The summed E-state index contributed by atoms with van der Waals surface area (Å²) in [6, 6.07) is 9.81. The van der Waals surface area contributed by atoms with Crippen LogP contribution in [0.3, 0.4) is 0 Å². The molecule has 0 saturated heterocycles. The SMILES string of the molecule is CCNC(=NCc1nnc(C)n1C)N(C)CCOc1ccccc1.I. The topological polar surface area (TPSA) is 67.6 Å². The zero-order valence-electron chi connectivity index (χ0n) is 15.3. The van der Waals surface area contributed by atoms with Gasteiger partial charge in [0.25, 0.3) is 0 Å². The summed E-state index contributed by atoms with van der Waals surface area (Å²) in [4.78, 5) is 6.69. The summed E-state index contributed by atoms with van der Waals surface area (Å²) in [5, 5.41) is 11.5. The van der Waals surface area contributed by atoms with Crippen molar-refractivity contribution in [2.45, 2.75) is 20.4 Å². The Morgan fingerprint density at radius 1 is 1.28 bits per heavy atom. The highest BCUT2D eigenvalue weighted by Gasteiger charge is 2.08. The number of halogens is 1. The fourth-order valence-electron chi connectivity index (χ4n) is 2.13. The third-order valence-electron chi connectivity index (χ3n) is 3.69. The van der Waals surface area contributed by atoms with E-state index in [1.807, 2.05) is 55.9 Å². The van der Waals surface area contributed by atoms with E-state index in [2.05, 4.69) is 32.3 Å². The van der Waals surface area contributed by atoms with Crippen LogP contribution in [0.2, 0.25) is 0 Å². The second-order valence-electron chi connectivity index (χ2n) is 5.48. The van der Waals surface area contributed by atoms with Crippen molar-refractivity contribution in [3.63, 3.8) is 0 Å². The van der Waals surface area contributed by atoms with Crippen molar-refractivity contribution in [2.24, 2.45) is 12.0 Å². The summed E-state index contributed by atoms with van der Waals surface area (Å²) in [6.07, 6.45) is 0. The fraction of sp³-hybridized carbons (Fsp3) is 0.471. The lowest BCUT2D eigenvalue weighted by Gasteiger charge is -2.22. The molecule has 0 atom stereocenters. The van der Waals surface area contributed by atoms with Crippen LogP contribution >= 0.6 is 24.0 Å². The Morgan fingerprint density at radius 2 is 2.00 bits per heavy atom. The molecule has 2 rings (SSSR count). The number of rotatable bonds is 7. The summed E-state index contributed by atoms with van der Waals surface area (Å²) in [5.74, 6) is 3.43. The highest BCUT2D eigenvalue weighted by molar-refractivity contribution is 14.0. The van der Waals surface area contributed by atoms with Crippen molar-refractivity contribution in [1.29, 1.82) is 0 Å². The Kier molecular flexibility index (Phi) is 9.25. The molecule has 1 aromatic heterocycles. The van der Waals surface area contributed by atoms with E-state index in [0.717, 1.165) is 36.4 Å². The van der Waals surface area contributed by atoms with Crippen molar-refractivity contribution in [1.82, 2.24) is 25.0 Å². The zero-order valence-corrected chi connectivity index (χ0v) is 17.6. The molecule has 0 aliphatic rings. The lowest BCUT2D eigenvalue weighted by molar-refractivity contribution is 0.281. The molecule has 0 unspecified atom stereocenters. The first-order valence-corrected chi connectivity index (χ1v) is 8.14. The number of ether oxygens (including phenoxy) is 1. The number of para-hydroxylation sites is 1. The number of aromatic nitrogens is 3. The van der Waals surface area contributed by atoms with E-state index < -0.39 is 0 Å². The molecule has 25 heavy (non-hydrogen) atoms. The highest BCUT2D eigenvalue weighted by Crippen LogP contribution is 2.08. The number of hydrogen-bond acceptors (Lipinski definition) is 4. The number of aliphatic imine (C=N–C) groups is 1. The lowest BCUT2D eigenvalue weighted by Crippen LogP contribution is -2.40. The Bertz CT molecular complexity index is 658. The van der Waals surface area contributed by atoms with Crippen LogP contribution in [0.5, 0.6) is 5.75 Å². The van der Waals surface area contributed by atoms with E-state index in [9.17, 15) is 0 Å². The third-order valence-corrected chi connectivity index (χ3v) is 3.69. The number of guanidine groups is 1. The molecular weight excluding hydrogens is 431 g/mol. The first-order chi connectivity index (χ1) is 11.6. The molecule has 0 aliphatic carbocycles. The van der Waals surface area contributed by atoms with Crippen LogP contribution in [0.25, 0.3) is 0 Å². The molecule has 0 aliphatic heterocycles. The first kappa shape index (κ1) is 21.2. The van der Waals surface area contributed by atoms with Crippen molar-refractivity contribution < 1.29 is 4.74 Å². The maximum Gasteiger partial charge on any atom is 0.194 e. The second kappa shape index (κ2) is 10.9. The van der Waals surface area contributed by atoms with E-state index in [-0.39, 0.29) is 24.0 Å². The smallest absolute Gasteiger partial charge is 0.194 e. The molecule has 2 aromatic rings. The van der Waals surface area contributed by atoms with Crippen LogP contribution < -0.4 is 10.1 Å². The van der Waals surface area contributed by atoms with Gasteiger partial charge < -0.3 is 19.5 Å². The Balaban J connectivity index is 0.00000312. The molecule has 0 spiro atoms. The third kappa shape index (κ3) is 6.52. The van der Waals surface area contributed by atoms with E-state index in [4.69, 9.17) is 4.74 Å². The van der Waals surface area contributed by atoms with Gasteiger partial charge in [-0.05, 0) is 26.0 Å². The molecule has 0 amide bonds. The molecule has 0 radical (unpaired) electrons. The lowest BCUT2D eigenvalue weighted by atomic mass is 10.3. The molecule has 138 valence electrons. The van der Waals surface area contributed by atoms with Gasteiger partial charge in [0.2, 0.25) is 0 Å². The number of aryl methyl sites for hydroxylation is 1. The molecule has 8 heteroatoms. The molecule has 1 N–H and O–H groups in total. The number of nitrogens with zero attached hydrogens (tertiary/aromatic N) is 5. The maximum atomic E-state index is 5.74. The van der Waals surface area contributed by atoms with E-state index in [1.54, 1.807) is 0 Å². The van der Waals surface area contributed by atoms with Crippen molar-refractivity contribution >= 4 is 29.9 Å². The molecule has 1 heterocycles. The Labute approximate surface area is 166 Å². The van der Waals surface area contributed by atoms with Crippen LogP contribution in [0.4, 0.5) is 0 Å². The van der Waals surface area contributed by atoms with Crippen LogP contribution in [-0.4, -0.2) is 52.4 Å². The summed E-state index contributed by atoms with van der Waals surface area (Å²) < 4.78 is 7.69. The summed E-state index contributed by atoms with van der Waals surface area (Å²) in [7, 11) is 3.95. The molecule has 7 nitrogen and oxygen atoms in total. The summed E-state index contributed by atoms with van der Waals surface area (Å²) in [6.45, 7) is 6.60. The molecule has 0 fully saturated rings. The van der Waals surface area contributed by atoms with Crippen LogP contribution in [0.1, 0.15) is 18.6 Å². The highest BCUT2D eigenvalue weighted by atomic mass is 127. The van der Waals surface area contributed by atoms with Gasteiger partial charge in [-0.2, -0.15) is 0 Å². The summed E-state index contributed by atoms with van der Waals surface area (Å²) >= 11 is 0. The first-order valence-electron chi connectivity index (χ1n) is 8.14. The molecule has 1 aromatic carbocycles. The fourth-order valence-corrected chi connectivity index (χ4v) is 2.13. The zero-order chi connectivity index (χ0) is 17.4. The summed E-state index contributed by atoms with van der Waals surface area (Å²) in [5.41, 5.74) is 0. The predicted molar refractivity (Wildman–Crippen MR) is 111 cm³/mol. The van der Waals surface area contributed by atoms with Crippen LogP contribution in [-0.2, 0) is 13.6 Å². The van der Waals surface area contributed by atoms with Gasteiger partial charge >= 0.3 is 0 Å². The number of benzene rings is 1. The second-order valence-corrected chi connectivity index (χ2v) is 5.48. The normalized spacial score (nSPS) is 11.0. The average Bonchev–Trinajstić information content (AvgIpc) is 2.91. The van der Waals surface area contributed by atoms with Gasteiger partial charge in [-0.1, -0.05) is 18.2 Å². The van der Waals surface area contributed by atoms with Gasteiger partial charge in [-0.25, -0.2) is 4.99 Å². The number of likely N-dealkylation sites (N-methyl/N-ethyl adjacent to an activating group) is 1. The van der Waals surface area contributed by atoms with E-state index in [0.29, 0.717) is 13.2 Å². The van der Waals surface area contributed by atoms with Gasteiger partial charge in [0, 0.05) is 20.6 Å². The number of nitrogens with one attached hydrogen (secondary N) is 1. The van der Waals surface area contributed by atoms with Crippen molar-refractivity contribution in [2.75, 3.05) is 26.7 Å². The largest absolute Gasteiger partial charge is 0.492 e. The standard InChI is InChI=1S/C17H26N6O.HI/c1-5-18-17(19-13-16-21-20-14(2)23(16)4)22(3)11-12-24-15-9-7-6-8-10-15;/h6-10H,5,11-13H2,1-4H3,(H,18,19);1H. The van der Waals surface area contributed by atoms with Gasteiger partial charge in [0.05, 0.1) is 6.54 Å². The monoisotopic (exact) mass is 458 g/mol. The Hall–Kier alpha value is -1.84. The average molecular weight is 458 g/mol. The van der Waals surface area contributed by atoms with E-state index in [1.165, 1.54) is 0 Å². The number of hydrogen-bond donors (Lipinski definition) is 1.